The Hall–Kier alpha value is -0.650. The van der Waals surface area contributed by atoms with Gasteiger partial charge >= 0.3 is 0 Å². The van der Waals surface area contributed by atoms with Crippen molar-refractivity contribution in [1.29, 1.82) is 0 Å². The van der Waals surface area contributed by atoms with Crippen LogP contribution in [0.4, 0.5) is 0 Å². The van der Waals surface area contributed by atoms with Gasteiger partial charge in [0.1, 0.15) is 0 Å². The molecule has 5 nitrogen and oxygen atoms in total. The second-order valence-corrected chi connectivity index (χ2v) is 5.44. The van der Waals surface area contributed by atoms with Gasteiger partial charge in [-0.3, -0.25) is 4.79 Å². The predicted octanol–water partition coefficient (Wildman–Crippen LogP) is 0.213. The zero-order chi connectivity index (χ0) is 13.4. The van der Waals surface area contributed by atoms with Crippen LogP contribution in [-0.2, 0) is 9.53 Å². The summed E-state index contributed by atoms with van der Waals surface area (Å²) < 4.78 is 5.23. The Morgan fingerprint density at radius 2 is 2.06 bits per heavy atom. The topological polar surface area (TPSA) is 53.6 Å². The Labute approximate surface area is 110 Å². The van der Waals surface area contributed by atoms with Crippen molar-refractivity contribution in [1.82, 2.24) is 15.5 Å². The van der Waals surface area contributed by atoms with Crippen LogP contribution >= 0.6 is 0 Å². The van der Waals surface area contributed by atoms with Crippen molar-refractivity contribution in [3.63, 3.8) is 0 Å². The van der Waals surface area contributed by atoms with E-state index in [4.69, 9.17) is 4.74 Å². The molecule has 5 heteroatoms. The number of rotatable bonds is 7. The molecule has 0 radical (unpaired) electrons. The summed E-state index contributed by atoms with van der Waals surface area (Å²) in [5, 5.41) is 6.28. The second kappa shape index (κ2) is 7.71. The summed E-state index contributed by atoms with van der Waals surface area (Å²) >= 11 is 0. The number of carbonyl (C=O) groups is 1. The fourth-order valence-electron chi connectivity index (χ4n) is 1.99. The Morgan fingerprint density at radius 1 is 1.39 bits per heavy atom. The highest BCUT2D eigenvalue weighted by Gasteiger charge is 2.20. The molecule has 0 unspecified atom stereocenters. The van der Waals surface area contributed by atoms with Crippen LogP contribution in [0.25, 0.3) is 0 Å². The van der Waals surface area contributed by atoms with Gasteiger partial charge in [-0.2, -0.15) is 0 Å². The molecule has 0 aromatic heterocycles. The van der Waals surface area contributed by atoms with Gasteiger partial charge in [-0.25, -0.2) is 0 Å². The van der Waals surface area contributed by atoms with E-state index in [0.717, 1.165) is 45.7 Å². The summed E-state index contributed by atoms with van der Waals surface area (Å²) in [4.78, 5) is 14.1. The zero-order valence-corrected chi connectivity index (χ0v) is 11.9. The Balaban J connectivity index is 2.04. The lowest BCUT2D eigenvalue weighted by atomic mass is 10.1. The van der Waals surface area contributed by atoms with Gasteiger partial charge in [-0.15, -0.1) is 0 Å². The number of hydrogen-bond donors (Lipinski definition) is 2. The molecule has 0 aliphatic carbocycles. The van der Waals surface area contributed by atoms with E-state index < -0.39 is 0 Å². The van der Waals surface area contributed by atoms with Gasteiger partial charge in [0.25, 0.3) is 0 Å². The molecule has 0 aromatic rings. The van der Waals surface area contributed by atoms with Crippen LogP contribution in [-0.4, -0.2) is 62.8 Å². The maximum atomic E-state index is 11.7. The van der Waals surface area contributed by atoms with E-state index in [1.165, 1.54) is 0 Å². The van der Waals surface area contributed by atoms with Crippen molar-refractivity contribution in [2.45, 2.75) is 32.3 Å². The molecule has 0 spiro atoms. The molecule has 0 bridgehead atoms. The monoisotopic (exact) mass is 257 g/mol. The summed E-state index contributed by atoms with van der Waals surface area (Å²) in [5.74, 6) is 0.0714. The molecule has 1 aliphatic rings. The van der Waals surface area contributed by atoms with Crippen LogP contribution in [0, 0.1) is 0 Å². The average molecular weight is 257 g/mol. The van der Waals surface area contributed by atoms with Crippen molar-refractivity contribution in [3.05, 3.63) is 0 Å². The quantitative estimate of drug-likeness (QED) is 0.640. The summed E-state index contributed by atoms with van der Waals surface area (Å²) in [6.07, 6.45) is 1.43. The number of amides is 1. The first-order valence-electron chi connectivity index (χ1n) is 6.78. The van der Waals surface area contributed by atoms with Crippen LogP contribution in [0.3, 0.4) is 0 Å². The Bertz CT molecular complexity index is 251. The van der Waals surface area contributed by atoms with Gasteiger partial charge in [0, 0.05) is 39.8 Å². The van der Waals surface area contributed by atoms with Crippen molar-refractivity contribution in [3.8, 4) is 0 Å². The number of nitrogens with zero attached hydrogens (tertiary/aromatic N) is 1. The molecule has 0 aromatic carbocycles. The third-order valence-corrected chi connectivity index (χ3v) is 3.32. The number of hydrogen-bond acceptors (Lipinski definition) is 4. The van der Waals surface area contributed by atoms with Crippen LogP contribution in [0.5, 0.6) is 0 Å². The highest BCUT2D eigenvalue weighted by atomic mass is 16.5. The average Bonchev–Trinajstić information content (AvgIpc) is 2.35. The fourth-order valence-corrected chi connectivity index (χ4v) is 1.99. The van der Waals surface area contributed by atoms with E-state index in [2.05, 4.69) is 15.5 Å². The standard InChI is InChI=1S/C13H27N3O2/c1-13(2,18-3)11-12(17)15-5-4-8-16-9-6-14-7-10-16/h14H,4-11H2,1-3H3,(H,15,17). The molecule has 2 N–H and O–H groups in total. The molecule has 1 aliphatic heterocycles. The Kier molecular flexibility index (Phi) is 6.60. The van der Waals surface area contributed by atoms with Gasteiger partial charge in [0.15, 0.2) is 0 Å². The lowest BCUT2D eigenvalue weighted by Gasteiger charge is -2.27. The molecule has 1 heterocycles. The van der Waals surface area contributed by atoms with Crippen LogP contribution < -0.4 is 10.6 Å². The SMILES string of the molecule is COC(C)(C)CC(=O)NCCCN1CCNCC1. The van der Waals surface area contributed by atoms with E-state index in [-0.39, 0.29) is 11.5 Å². The van der Waals surface area contributed by atoms with E-state index in [9.17, 15) is 4.79 Å². The lowest BCUT2D eigenvalue weighted by Crippen LogP contribution is -2.44. The summed E-state index contributed by atoms with van der Waals surface area (Å²) in [5.41, 5.74) is -0.372. The van der Waals surface area contributed by atoms with E-state index in [1.54, 1.807) is 7.11 Å². The molecule has 1 fully saturated rings. The van der Waals surface area contributed by atoms with E-state index in [0.29, 0.717) is 6.42 Å². The molecule has 1 amide bonds. The second-order valence-electron chi connectivity index (χ2n) is 5.44. The molecule has 1 saturated heterocycles. The molecular weight excluding hydrogens is 230 g/mol. The van der Waals surface area contributed by atoms with Gasteiger partial charge < -0.3 is 20.3 Å². The van der Waals surface area contributed by atoms with Gasteiger partial charge in [-0.1, -0.05) is 0 Å². The minimum Gasteiger partial charge on any atom is -0.378 e. The van der Waals surface area contributed by atoms with Crippen molar-refractivity contribution < 1.29 is 9.53 Å². The van der Waals surface area contributed by atoms with Gasteiger partial charge in [0.2, 0.25) is 5.91 Å². The maximum Gasteiger partial charge on any atom is 0.222 e. The normalized spacial score (nSPS) is 17.7. The predicted molar refractivity (Wildman–Crippen MR) is 72.6 cm³/mol. The highest BCUT2D eigenvalue weighted by Crippen LogP contribution is 2.12. The molecule has 0 saturated carbocycles. The number of nitrogens with one attached hydrogen (secondary N) is 2. The molecule has 106 valence electrons. The summed E-state index contributed by atoms with van der Waals surface area (Å²) in [7, 11) is 1.64. The van der Waals surface area contributed by atoms with Crippen LogP contribution in [0.15, 0.2) is 0 Å². The minimum absolute atomic E-state index is 0.0714. The fraction of sp³-hybridized carbons (Fsp3) is 0.923. The van der Waals surface area contributed by atoms with Crippen LogP contribution in [0.2, 0.25) is 0 Å². The van der Waals surface area contributed by atoms with E-state index in [1.807, 2.05) is 13.8 Å². The highest BCUT2D eigenvalue weighted by molar-refractivity contribution is 5.76. The molecule has 0 atom stereocenters. The molecule has 1 rings (SSSR count). The smallest absolute Gasteiger partial charge is 0.222 e. The van der Waals surface area contributed by atoms with Gasteiger partial charge in [-0.05, 0) is 26.8 Å². The van der Waals surface area contributed by atoms with Crippen LogP contribution in [0.1, 0.15) is 26.7 Å². The first kappa shape index (κ1) is 15.4. The lowest BCUT2D eigenvalue weighted by molar-refractivity contribution is -0.126. The molecular formula is C13H27N3O2. The number of methoxy groups -OCH3 is 1. The number of ether oxygens (including phenoxy) is 1. The van der Waals surface area contributed by atoms with Crippen molar-refractivity contribution in [2.24, 2.45) is 0 Å². The van der Waals surface area contributed by atoms with Crippen molar-refractivity contribution >= 4 is 5.91 Å². The van der Waals surface area contributed by atoms with E-state index >= 15 is 0 Å². The summed E-state index contributed by atoms with van der Waals surface area (Å²) in [6, 6.07) is 0. The number of piperazine rings is 1. The van der Waals surface area contributed by atoms with Crippen molar-refractivity contribution in [2.75, 3.05) is 46.4 Å². The molecule has 18 heavy (non-hydrogen) atoms. The van der Waals surface area contributed by atoms with Gasteiger partial charge in [0.05, 0.1) is 12.0 Å². The first-order valence-corrected chi connectivity index (χ1v) is 6.78. The largest absolute Gasteiger partial charge is 0.378 e. The summed E-state index contributed by atoms with van der Waals surface area (Å²) in [6.45, 7) is 10.1. The number of carbonyl (C=O) groups excluding carboxylic acids is 1. The minimum atomic E-state index is -0.372. The zero-order valence-electron chi connectivity index (χ0n) is 11.9. The first-order chi connectivity index (χ1) is 8.53. The Morgan fingerprint density at radius 3 is 2.67 bits per heavy atom. The third kappa shape index (κ3) is 6.33. The maximum absolute atomic E-state index is 11.7. The third-order valence-electron chi connectivity index (χ3n) is 3.32.